The van der Waals surface area contributed by atoms with Crippen LogP contribution in [0.15, 0.2) is 4.52 Å². The molecule has 9 nitrogen and oxygen atoms in total. The summed E-state index contributed by atoms with van der Waals surface area (Å²) in [6, 6.07) is 0. The van der Waals surface area contributed by atoms with Crippen LogP contribution in [-0.4, -0.2) is 28.4 Å². The van der Waals surface area contributed by atoms with Crippen LogP contribution in [0.5, 0.6) is 0 Å². The van der Waals surface area contributed by atoms with E-state index in [4.69, 9.17) is 29.1 Å². The zero-order valence-corrected chi connectivity index (χ0v) is 12.3. The Morgan fingerprint density at radius 1 is 1.00 bits per heavy atom. The third-order valence-electron chi connectivity index (χ3n) is 1.82. The Labute approximate surface area is 96.0 Å². The van der Waals surface area contributed by atoms with Crippen molar-refractivity contribution in [1.82, 2.24) is 9.72 Å². The molecule has 0 spiro atoms. The highest BCUT2D eigenvalue weighted by Crippen LogP contribution is 2.77. The third-order valence-corrected chi connectivity index (χ3v) is 10.4. The van der Waals surface area contributed by atoms with Crippen LogP contribution in [0.3, 0.4) is 0 Å². The van der Waals surface area contributed by atoms with E-state index in [-0.39, 0.29) is 0 Å². The van der Waals surface area contributed by atoms with Crippen LogP contribution in [0.1, 0.15) is 0 Å². The van der Waals surface area contributed by atoms with Gasteiger partial charge in [0.2, 0.25) is 7.51 Å². The number of hydrogen-bond acceptors (Lipinski definition) is 9. The van der Waals surface area contributed by atoms with Gasteiger partial charge in [-0.15, -0.1) is 0 Å². The second kappa shape index (κ2) is 5.18. The fraction of sp³-hybridized carbons (Fsp3) is 1.00. The van der Waals surface area contributed by atoms with E-state index in [1.165, 1.54) is 28.4 Å². The van der Waals surface area contributed by atoms with Gasteiger partial charge in [-0.05, 0) is 4.52 Å². The summed E-state index contributed by atoms with van der Waals surface area (Å²) in [5.74, 6) is 0. The largest absolute Gasteiger partial charge is 0.522 e. The highest BCUT2D eigenvalue weighted by molar-refractivity contribution is 7.89. The smallest absolute Gasteiger partial charge is 0.268 e. The van der Waals surface area contributed by atoms with Gasteiger partial charge in [0.1, 0.15) is 0 Å². The first-order valence-electron chi connectivity index (χ1n) is 4.17. The predicted octanol–water partition coefficient (Wildman–Crippen LogP) is 0.984. The molecule has 16 heavy (non-hydrogen) atoms. The van der Waals surface area contributed by atoms with Crippen molar-refractivity contribution in [2.24, 2.45) is 15.5 Å². The van der Waals surface area contributed by atoms with Gasteiger partial charge in [-0.3, -0.25) is 11.0 Å². The summed E-state index contributed by atoms with van der Waals surface area (Å²) in [5.41, 5.74) is 11.7. The molecule has 0 amide bonds. The van der Waals surface area contributed by atoms with Crippen LogP contribution in [-0.2, 0) is 18.1 Å². The zero-order valence-electron chi connectivity index (χ0n) is 9.58. The van der Waals surface area contributed by atoms with Gasteiger partial charge < -0.3 is 0 Å². The van der Waals surface area contributed by atoms with Crippen molar-refractivity contribution in [3.05, 3.63) is 0 Å². The molecule has 0 bridgehead atoms. The molecule has 0 saturated carbocycles. The van der Waals surface area contributed by atoms with Crippen LogP contribution in [0.2, 0.25) is 0 Å². The summed E-state index contributed by atoms with van der Waals surface area (Å²) in [4.78, 5) is 5.81. The predicted molar refractivity (Wildman–Crippen MR) is 65.9 cm³/mol. The molecule has 1 aliphatic heterocycles. The monoisotopic (exact) mass is 293 g/mol. The van der Waals surface area contributed by atoms with Gasteiger partial charge >= 0.3 is 16.0 Å². The number of rotatable bonds is 4. The lowest BCUT2D eigenvalue weighted by Crippen LogP contribution is -2.37. The Morgan fingerprint density at radius 3 is 1.88 bits per heavy atom. The topological polar surface area (TPSA) is 125 Å². The summed E-state index contributed by atoms with van der Waals surface area (Å²) >= 11 is 0. The van der Waals surface area contributed by atoms with E-state index in [1.54, 1.807) is 0 Å². The highest BCUT2D eigenvalue weighted by Gasteiger charge is 2.66. The lowest BCUT2D eigenvalue weighted by atomic mass is 11.8. The minimum Gasteiger partial charge on any atom is -0.268 e. The third kappa shape index (κ3) is 2.96. The molecule has 0 fully saturated rings. The molecular weight excluding hydrogens is 275 g/mol. The Bertz CT molecular complexity index is 300. The molecule has 6 N–H and O–H groups in total. The summed E-state index contributed by atoms with van der Waals surface area (Å²) < 4.78 is 25.1. The fourth-order valence-electron chi connectivity index (χ4n) is 1.10. The van der Waals surface area contributed by atoms with Gasteiger partial charge in [0.15, 0.2) is 0 Å². The first-order valence-corrected chi connectivity index (χ1v) is 9.26. The molecule has 0 aliphatic carbocycles. The SMILES string of the molecule is CO[P+]1(OC)N=P(N)(N)N[P+](OC)(OC)N1. The Morgan fingerprint density at radius 2 is 1.50 bits per heavy atom. The van der Waals surface area contributed by atoms with Crippen LogP contribution < -0.4 is 20.7 Å². The molecule has 0 aromatic carbocycles. The minimum absolute atomic E-state index is 1.46. The first kappa shape index (κ1) is 14.8. The number of nitrogens with zero attached hydrogens (tertiary/aromatic N) is 1. The standard InChI is InChI=1S/C4H18N5O4P3/c1-10-15(11-2)7-14(5,6)8-16(9-15,12-3)13-4/h7,9H,5-6H2,1-4H3/q+2. The first-order chi connectivity index (χ1) is 7.36. The van der Waals surface area contributed by atoms with Gasteiger partial charge in [-0.2, -0.15) is 18.1 Å². The maximum atomic E-state index is 5.84. The van der Waals surface area contributed by atoms with E-state index < -0.39 is 23.5 Å². The molecule has 96 valence electrons. The lowest BCUT2D eigenvalue weighted by Gasteiger charge is -2.29. The molecular formula is C4H18N5O4P3+2. The van der Waals surface area contributed by atoms with Crippen LogP contribution in [0.25, 0.3) is 0 Å². The molecule has 0 unspecified atom stereocenters. The van der Waals surface area contributed by atoms with Crippen molar-refractivity contribution >= 4 is 23.5 Å². The van der Waals surface area contributed by atoms with E-state index >= 15 is 0 Å². The molecule has 1 heterocycles. The van der Waals surface area contributed by atoms with Gasteiger partial charge in [0.05, 0.1) is 33.3 Å². The minimum atomic E-state index is -2.73. The van der Waals surface area contributed by atoms with Crippen molar-refractivity contribution in [3.63, 3.8) is 0 Å². The van der Waals surface area contributed by atoms with E-state index in [9.17, 15) is 0 Å². The Hall–Kier alpha value is 0.770. The number of hydrogen-bond donors (Lipinski definition) is 4. The van der Waals surface area contributed by atoms with E-state index in [0.717, 1.165) is 0 Å². The summed E-state index contributed by atoms with van der Waals surface area (Å²) in [7, 11) is -2.21. The highest BCUT2D eigenvalue weighted by atomic mass is 31.3. The normalized spacial score (nSPS) is 26.1. The molecule has 0 aromatic heterocycles. The van der Waals surface area contributed by atoms with Gasteiger partial charge in [0, 0.05) is 0 Å². The number of nitrogens with two attached hydrogens (primary N) is 2. The summed E-state index contributed by atoms with van der Waals surface area (Å²) in [5, 5.41) is 0. The molecule has 12 heteroatoms. The van der Waals surface area contributed by atoms with Crippen LogP contribution >= 0.6 is 23.5 Å². The zero-order chi connectivity index (χ0) is 12.4. The van der Waals surface area contributed by atoms with E-state index in [0.29, 0.717) is 0 Å². The van der Waals surface area contributed by atoms with Crippen molar-refractivity contribution in [1.29, 1.82) is 0 Å². The second-order valence-corrected chi connectivity index (χ2v) is 10.2. The molecule has 0 aromatic rings. The lowest BCUT2D eigenvalue weighted by molar-refractivity contribution is 0.283. The molecule has 0 saturated heterocycles. The fourth-order valence-corrected chi connectivity index (χ4v) is 10.1. The summed E-state index contributed by atoms with van der Waals surface area (Å²) in [6.07, 6.45) is 0. The Kier molecular flexibility index (Phi) is 4.80. The number of nitrogens with one attached hydrogen (secondary N) is 2. The maximum Gasteiger partial charge on any atom is 0.522 e. The van der Waals surface area contributed by atoms with Crippen LogP contribution in [0.4, 0.5) is 0 Å². The van der Waals surface area contributed by atoms with Crippen molar-refractivity contribution in [2.45, 2.75) is 0 Å². The quantitative estimate of drug-likeness (QED) is 0.565. The second-order valence-electron chi connectivity index (χ2n) is 2.83. The van der Waals surface area contributed by atoms with Crippen molar-refractivity contribution in [3.8, 4) is 0 Å². The van der Waals surface area contributed by atoms with Crippen LogP contribution in [0, 0.1) is 0 Å². The van der Waals surface area contributed by atoms with Gasteiger partial charge in [-0.25, -0.2) is 0 Å². The molecule has 0 radical (unpaired) electrons. The van der Waals surface area contributed by atoms with Crippen molar-refractivity contribution < 1.29 is 18.1 Å². The summed E-state index contributed by atoms with van der Waals surface area (Å²) in [6.45, 7) is 0. The van der Waals surface area contributed by atoms with Gasteiger partial charge in [0.25, 0.3) is 0 Å². The maximum absolute atomic E-state index is 5.84. The average molecular weight is 293 g/mol. The Balaban J connectivity index is 3.16. The van der Waals surface area contributed by atoms with Gasteiger partial charge in [-0.1, -0.05) is 4.86 Å². The molecule has 1 aliphatic rings. The average Bonchev–Trinajstić information content (AvgIpc) is 2.26. The molecule has 1 rings (SSSR count). The van der Waals surface area contributed by atoms with Crippen molar-refractivity contribution in [2.75, 3.05) is 28.4 Å². The van der Waals surface area contributed by atoms with E-state index in [2.05, 4.69) is 14.2 Å². The van der Waals surface area contributed by atoms with E-state index in [1.807, 2.05) is 0 Å². The molecule has 0 atom stereocenters.